The van der Waals surface area contributed by atoms with E-state index in [1.165, 1.54) is 23.1 Å². The zero-order chi connectivity index (χ0) is 14.0. The van der Waals surface area contributed by atoms with Crippen molar-refractivity contribution in [3.8, 4) is 0 Å². The van der Waals surface area contributed by atoms with Crippen molar-refractivity contribution in [2.75, 3.05) is 19.0 Å². The van der Waals surface area contributed by atoms with Crippen molar-refractivity contribution >= 4 is 49.9 Å². The first kappa shape index (κ1) is 14.5. The number of hydrogen-bond acceptors (Lipinski definition) is 6. The molecule has 0 bridgehead atoms. The second kappa shape index (κ2) is 6.02. The third-order valence-corrected chi connectivity index (χ3v) is 5.09. The minimum Gasteiger partial charge on any atom is -0.353 e. The van der Waals surface area contributed by atoms with Gasteiger partial charge in [-0.15, -0.1) is 10.2 Å². The van der Waals surface area contributed by atoms with E-state index in [1.807, 2.05) is 37.2 Å². The SMILES string of the molecule is CC(=O)c1ccc(Sc2nnc(N(C)C)s2)cc1Br. The third kappa shape index (κ3) is 3.55. The monoisotopic (exact) mass is 357 g/mol. The number of anilines is 1. The molecular weight excluding hydrogens is 346 g/mol. The number of Topliss-reactive ketones (excluding diaryl/α,β-unsaturated/α-hetero) is 1. The molecule has 0 N–H and O–H groups in total. The van der Waals surface area contributed by atoms with Crippen LogP contribution in [-0.4, -0.2) is 30.1 Å². The highest BCUT2D eigenvalue weighted by molar-refractivity contribution is 9.10. The van der Waals surface area contributed by atoms with E-state index in [0.29, 0.717) is 5.56 Å². The molecule has 2 rings (SSSR count). The minimum absolute atomic E-state index is 0.0502. The number of nitrogens with zero attached hydrogens (tertiary/aromatic N) is 3. The molecule has 0 spiro atoms. The standard InChI is InChI=1S/C12H12BrN3OS2/c1-7(17)9-5-4-8(6-10(9)13)18-12-15-14-11(19-12)16(2)3/h4-6H,1-3H3. The Morgan fingerprint density at radius 3 is 2.63 bits per heavy atom. The van der Waals surface area contributed by atoms with Gasteiger partial charge >= 0.3 is 0 Å². The number of hydrogen-bond donors (Lipinski definition) is 0. The molecule has 0 unspecified atom stereocenters. The average Bonchev–Trinajstić information content (AvgIpc) is 2.77. The molecule has 1 heterocycles. The number of rotatable bonds is 4. The number of halogens is 1. The predicted molar refractivity (Wildman–Crippen MR) is 82.5 cm³/mol. The van der Waals surface area contributed by atoms with Gasteiger partial charge in [-0.25, -0.2) is 0 Å². The van der Waals surface area contributed by atoms with Crippen LogP contribution in [0.4, 0.5) is 5.13 Å². The van der Waals surface area contributed by atoms with Gasteiger partial charge in [-0.1, -0.05) is 39.0 Å². The van der Waals surface area contributed by atoms with Gasteiger partial charge in [0.1, 0.15) is 0 Å². The molecule has 0 saturated carbocycles. The van der Waals surface area contributed by atoms with Crippen molar-refractivity contribution in [3.63, 3.8) is 0 Å². The molecule has 2 aromatic rings. The first-order valence-electron chi connectivity index (χ1n) is 5.46. The van der Waals surface area contributed by atoms with Gasteiger partial charge in [-0.2, -0.15) is 0 Å². The fourth-order valence-corrected chi connectivity index (χ4v) is 3.96. The molecule has 0 amide bonds. The fourth-order valence-electron chi connectivity index (χ4n) is 1.37. The van der Waals surface area contributed by atoms with Gasteiger partial charge in [0.2, 0.25) is 5.13 Å². The summed E-state index contributed by atoms with van der Waals surface area (Å²) in [4.78, 5) is 14.3. The topological polar surface area (TPSA) is 46.1 Å². The summed E-state index contributed by atoms with van der Waals surface area (Å²) in [7, 11) is 3.88. The van der Waals surface area contributed by atoms with Gasteiger partial charge in [0.25, 0.3) is 0 Å². The molecule has 0 atom stereocenters. The molecule has 7 heteroatoms. The summed E-state index contributed by atoms with van der Waals surface area (Å²) in [5, 5.41) is 9.09. The fraction of sp³-hybridized carbons (Fsp3) is 0.250. The van der Waals surface area contributed by atoms with Crippen LogP contribution in [0.3, 0.4) is 0 Å². The van der Waals surface area contributed by atoms with E-state index in [0.717, 1.165) is 18.8 Å². The van der Waals surface area contributed by atoms with E-state index >= 15 is 0 Å². The van der Waals surface area contributed by atoms with Gasteiger partial charge in [-0.3, -0.25) is 4.79 Å². The number of benzene rings is 1. The quantitative estimate of drug-likeness (QED) is 0.780. The largest absolute Gasteiger partial charge is 0.353 e. The lowest BCUT2D eigenvalue weighted by Gasteiger charge is -2.04. The Morgan fingerprint density at radius 2 is 2.11 bits per heavy atom. The van der Waals surface area contributed by atoms with Crippen molar-refractivity contribution in [1.29, 1.82) is 0 Å². The molecule has 1 aromatic heterocycles. The first-order valence-corrected chi connectivity index (χ1v) is 7.89. The predicted octanol–water partition coefficient (Wildman–Crippen LogP) is 3.72. The summed E-state index contributed by atoms with van der Waals surface area (Å²) in [6.45, 7) is 1.56. The highest BCUT2D eigenvalue weighted by Gasteiger charge is 2.10. The van der Waals surface area contributed by atoms with Gasteiger partial charge in [0, 0.05) is 29.0 Å². The molecular formula is C12H12BrN3OS2. The summed E-state index contributed by atoms with van der Waals surface area (Å²) >= 11 is 6.49. The molecule has 19 heavy (non-hydrogen) atoms. The van der Waals surface area contributed by atoms with Gasteiger partial charge in [0.15, 0.2) is 10.1 Å². The van der Waals surface area contributed by atoms with Crippen molar-refractivity contribution < 1.29 is 4.79 Å². The van der Waals surface area contributed by atoms with E-state index in [4.69, 9.17) is 0 Å². The maximum Gasteiger partial charge on any atom is 0.208 e. The smallest absolute Gasteiger partial charge is 0.208 e. The Morgan fingerprint density at radius 1 is 1.37 bits per heavy atom. The van der Waals surface area contributed by atoms with Crippen LogP contribution in [0, 0.1) is 0 Å². The molecule has 0 saturated heterocycles. The van der Waals surface area contributed by atoms with E-state index < -0.39 is 0 Å². The first-order chi connectivity index (χ1) is 8.97. The zero-order valence-electron chi connectivity index (χ0n) is 10.7. The van der Waals surface area contributed by atoms with E-state index in [2.05, 4.69) is 26.1 Å². The van der Waals surface area contributed by atoms with Crippen LogP contribution in [0.2, 0.25) is 0 Å². The maximum atomic E-state index is 11.4. The number of carbonyl (C=O) groups is 1. The normalized spacial score (nSPS) is 10.5. The number of aromatic nitrogens is 2. The highest BCUT2D eigenvalue weighted by atomic mass is 79.9. The van der Waals surface area contributed by atoms with Crippen LogP contribution < -0.4 is 4.90 Å². The summed E-state index contributed by atoms with van der Waals surface area (Å²) in [5.41, 5.74) is 0.690. The summed E-state index contributed by atoms with van der Waals surface area (Å²) in [6, 6.07) is 5.67. The van der Waals surface area contributed by atoms with Crippen LogP contribution in [0.25, 0.3) is 0 Å². The lowest BCUT2D eigenvalue weighted by molar-refractivity contribution is 0.101. The Bertz CT molecular complexity index is 613. The van der Waals surface area contributed by atoms with E-state index in [-0.39, 0.29) is 5.78 Å². The second-order valence-electron chi connectivity index (χ2n) is 4.04. The Hall–Kier alpha value is -0.920. The van der Waals surface area contributed by atoms with Gasteiger partial charge in [-0.05, 0) is 25.1 Å². The van der Waals surface area contributed by atoms with Gasteiger partial charge < -0.3 is 4.90 Å². The Kier molecular flexibility index (Phi) is 4.59. The Balaban J connectivity index is 2.19. The molecule has 0 radical (unpaired) electrons. The molecule has 0 fully saturated rings. The van der Waals surface area contributed by atoms with Crippen molar-refractivity contribution in [1.82, 2.24) is 10.2 Å². The van der Waals surface area contributed by atoms with Crippen LogP contribution in [-0.2, 0) is 0 Å². The minimum atomic E-state index is 0.0502. The van der Waals surface area contributed by atoms with Crippen LogP contribution in [0.5, 0.6) is 0 Å². The van der Waals surface area contributed by atoms with Gasteiger partial charge in [0.05, 0.1) is 0 Å². The van der Waals surface area contributed by atoms with Crippen LogP contribution in [0.1, 0.15) is 17.3 Å². The number of ketones is 1. The molecule has 1 aromatic carbocycles. The van der Waals surface area contributed by atoms with E-state index in [1.54, 1.807) is 6.92 Å². The molecule has 100 valence electrons. The van der Waals surface area contributed by atoms with Crippen molar-refractivity contribution in [2.24, 2.45) is 0 Å². The number of carbonyl (C=O) groups excluding carboxylic acids is 1. The Labute approximate surface area is 128 Å². The molecule has 0 aliphatic carbocycles. The molecule has 0 aliphatic heterocycles. The average molecular weight is 358 g/mol. The summed E-state index contributed by atoms with van der Waals surface area (Å²) in [6.07, 6.45) is 0. The second-order valence-corrected chi connectivity index (χ2v) is 7.18. The summed E-state index contributed by atoms with van der Waals surface area (Å²) < 4.78 is 1.69. The zero-order valence-corrected chi connectivity index (χ0v) is 13.9. The lowest BCUT2D eigenvalue weighted by Crippen LogP contribution is -2.07. The third-order valence-electron chi connectivity index (χ3n) is 2.30. The van der Waals surface area contributed by atoms with Crippen molar-refractivity contribution in [3.05, 3.63) is 28.2 Å². The highest BCUT2D eigenvalue weighted by Crippen LogP contribution is 2.34. The van der Waals surface area contributed by atoms with E-state index in [9.17, 15) is 4.79 Å². The lowest BCUT2D eigenvalue weighted by atomic mass is 10.2. The molecule has 0 aliphatic rings. The van der Waals surface area contributed by atoms with Crippen LogP contribution >= 0.6 is 39.0 Å². The summed E-state index contributed by atoms with van der Waals surface area (Å²) in [5.74, 6) is 0.0502. The molecule has 4 nitrogen and oxygen atoms in total. The maximum absolute atomic E-state index is 11.4. The van der Waals surface area contributed by atoms with Crippen LogP contribution in [0.15, 0.2) is 31.9 Å². The van der Waals surface area contributed by atoms with Crippen molar-refractivity contribution in [2.45, 2.75) is 16.2 Å².